The molecule has 1 aliphatic rings. The molecule has 3 unspecified atom stereocenters. The minimum absolute atomic E-state index is 0.0426. The molecule has 0 heterocycles. The van der Waals surface area contributed by atoms with Gasteiger partial charge in [0.15, 0.2) is 0 Å². The van der Waals surface area contributed by atoms with Crippen molar-refractivity contribution < 1.29 is 10.2 Å². The minimum Gasteiger partial charge on any atom is -0.507 e. The van der Waals surface area contributed by atoms with E-state index in [9.17, 15) is 10.2 Å². The predicted octanol–water partition coefficient (Wildman–Crippen LogP) is 3.42. The standard InChI is InChI=1S/C15H23NO2S/c1-10(15-12(17)7-5-8-13(15)18)16-11-6-3-4-9-14(11)19-2/h5,7-8,10-11,14,16-18H,3-4,6,9H2,1-2H3. The maximum absolute atomic E-state index is 9.91. The summed E-state index contributed by atoms with van der Waals surface area (Å²) in [6.45, 7) is 2.00. The summed E-state index contributed by atoms with van der Waals surface area (Å²) in [4.78, 5) is 0. The van der Waals surface area contributed by atoms with Crippen LogP contribution in [0.25, 0.3) is 0 Å². The Labute approximate surface area is 119 Å². The number of aromatic hydroxyl groups is 2. The summed E-state index contributed by atoms with van der Waals surface area (Å²) in [5.74, 6) is 0.327. The molecule has 1 aliphatic carbocycles. The summed E-state index contributed by atoms with van der Waals surface area (Å²) in [6, 6.07) is 5.32. The van der Waals surface area contributed by atoms with Gasteiger partial charge >= 0.3 is 0 Å². The van der Waals surface area contributed by atoms with Crippen LogP contribution in [0.3, 0.4) is 0 Å². The second kappa shape index (κ2) is 6.53. The molecule has 0 radical (unpaired) electrons. The molecule has 0 aromatic heterocycles. The van der Waals surface area contributed by atoms with Crippen LogP contribution in [0.4, 0.5) is 0 Å². The molecule has 0 bridgehead atoms. The maximum Gasteiger partial charge on any atom is 0.124 e. The van der Waals surface area contributed by atoms with E-state index in [1.165, 1.54) is 25.7 Å². The van der Waals surface area contributed by atoms with E-state index in [4.69, 9.17) is 0 Å². The number of hydrogen-bond donors (Lipinski definition) is 3. The normalized spacial score (nSPS) is 25.2. The van der Waals surface area contributed by atoms with Crippen molar-refractivity contribution in [2.75, 3.05) is 6.26 Å². The smallest absolute Gasteiger partial charge is 0.124 e. The first kappa shape index (κ1) is 14.5. The van der Waals surface area contributed by atoms with Gasteiger partial charge in [0, 0.05) is 17.3 Å². The molecule has 19 heavy (non-hydrogen) atoms. The Morgan fingerprint density at radius 3 is 2.47 bits per heavy atom. The van der Waals surface area contributed by atoms with E-state index in [2.05, 4.69) is 11.6 Å². The highest BCUT2D eigenvalue weighted by atomic mass is 32.2. The van der Waals surface area contributed by atoms with Crippen LogP contribution >= 0.6 is 11.8 Å². The third kappa shape index (κ3) is 3.37. The zero-order chi connectivity index (χ0) is 13.8. The van der Waals surface area contributed by atoms with Gasteiger partial charge < -0.3 is 15.5 Å². The average molecular weight is 281 g/mol. The quantitative estimate of drug-likeness (QED) is 0.791. The molecule has 1 saturated carbocycles. The lowest BCUT2D eigenvalue weighted by atomic mass is 9.93. The zero-order valence-corrected chi connectivity index (χ0v) is 12.4. The van der Waals surface area contributed by atoms with Gasteiger partial charge in [0.05, 0.1) is 5.56 Å². The highest BCUT2D eigenvalue weighted by molar-refractivity contribution is 7.99. The molecule has 0 spiro atoms. The molecule has 3 nitrogen and oxygen atoms in total. The molecule has 1 fully saturated rings. The van der Waals surface area contributed by atoms with Gasteiger partial charge in [0.2, 0.25) is 0 Å². The summed E-state index contributed by atoms with van der Waals surface area (Å²) in [5.41, 5.74) is 0.605. The Morgan fingerprint density at radius 1 is 1.21 bits per heavy atom. The van der Waals surface area contributed by atoms with Crippen molar-refractivity contribution in [2.45, 2.75) is 49.9 Å². The van der Waals surface area contributed by atoms with Gasteiger partial charge in [0.25, 0.3) is 0 Å². The SMILES string of the molecule is CSC1CCCCC1NC(C)c1c(O)cccc1O. The van der Waals surface area contributed by atoms with Gasteiger partial charge in [-0.05, 0) is 38.2 Å². The number of hydrogen-bond acceptors (Lipinski definition) is 4. The van der Waals surface area contributed by atoms with Crippen molar-refractivity contribution >= 4 is 11.8 Å². The molecule has 1 aromatic carbocycles. The van der Waals surface area contributed by atoms with Crippen molar-refractivity contribution in [1.29, 1.82) is 0 Å². The zero-order valence-electron chi connectivity index (χ0n) is 11.6. The number of phenols is 2. The second-order valence-corrected chi connectivity index (χ2v) is 6.34. The molecule has 106 valence electrons. The molecule has 4 heteroatoms. The van der Waals surface area contributed by atoms with Crippen molar-refractivity contribution in [1.82, 2.24) is 5.32 Å². The fourth-order valence-corrected chi connectivity index (χ4v) is 3.90. The number of phenolic OH excluding ortho intramolecular Hbond substituents is 2. The van der Waals surface area contributed by atoms with Crippen LogP contribution in [-0.4, -0.2) is 27.8 Å². The predicted molar refractivity (Wildman–Crippen MR) is 80.9 cm³/mol. The Kier molecular flexibility index (Phi) is 4.99. The van der Waals surface area contributed by atoms with Crippen LogP contribution in [0.15, 0.2) is 18.2 Å². The van der Waals surface area contributed by atoms with E-state index in [-0.39, 0.29) is 17.5 Å². The van der Waals surface area contributed by atoms with Crippen molar-refractivity contribution in [3.63, 3.8) is 0 Å². The van der Waals surface area contributed by atoms with Crippen LogP contribution in [0.5, 0.6) is 11.5 Å². The number of thioether (sulfide) groups is 1. The number of benzene rings is 1. The third-order valence-electron chi connectivity index (χ3n) is 3.96. The summed E-state index contributed by atoms with van der Waals surface area (Å²) >= 11 is 1.91. The topological polar surface area (TPSA) is 52.5 Å². The molecular weight excluding hydrogens is 258 g/mol. The lowest BCUT2D eigenvalue weighted by molar-refractivity contribution is 0.344. The van der Waals surface area contributed by atoms with Crippen LogP contribution in [-0.2, 0) is 0 Å². The average Bonchev–Trinajstić information content (AvgIpc) is 2.39. The third-order valence-corrected chi connectivity index (χ3v) is 5.13. The van der Waals surface area contributed by atoms with E-state index in [0.717, 1.165) is 0 Å². The number of rotatable bonds is 4. The lowest BCUT2D eigenvalue weighted by Crippen LogP contribution is -2.41. The summed E-state index contributed by atoms with van der Waals surface area (Å²) in [7, 11) is 0. The fourth-order valence-electron chi connectivity index (χ4n) is 2.96. The Morgan fingerprint density at radius 2 is 1.84 bits per heavy atom. The van der Waals surface area contributed by atoms with Gasteiger partial charge in [-0.15, -0.1) is 0 Å². The molecular formula is C15H23NO2S. The highest BCUT2D eigenvalue weighted by Crippen LogP contribution is 2.34. The van der Waals surface area contributed by atoms with Gasteiger partial charge in [0.1, 0.15) is 11.5 Å². The first-order valence-electron chi connectivity index (χ1n) is 6.93. The van der Waals surface area contributed by atoms with Crippen molar-refractivity contribution in [3.05, 3.63) is 23.8 Å². The second-order valence-electron chi connectivity index (χ2n) is 5.26. The van der Waals surface area contributed by atoms with Crippen LogP contribution in [0.2, 0.25) is 0 Å². The highest BCUT2D eigenvalue weighted by Gasteiger charge is 2.27. The molecule has 0 amide bonds. The van der Waals surface area contributed by atoms with Crippen molar-refractivity contribution in [3.8, 4) is 11.5 Å². The molecule has 0 saturated heterocycles. The number of nitrogens with one attached hydrogen (secondary N) is 1. The Balaban J connectivity index is 2.09. The van der Waals surface area contributed by atoms with Gasteiger partial charge in [-0.2, -0.15) is 11.8 Å². The Bertz CT molecular complexity index is 404. The molecule has 2 rings (SSSR count). The van der Waals surface area contributed by atoms with Gasteiger partial charge in [-0.25, -0.2) is 0 Å². The minimum atomic E-state index is -0.0426. The summed E-state index contributed by atoms with van der Waals surface area (Å²) in [6.07, 6.45) is 7.14. The van der Waals surface area contributed by atoms with E-state index in [0.29, 0.717) is 16.9 Å². The maximum atomic E-state index is 9.91. The van der Waals surface area contributed by atoms with E-state index < -0.39 is 0 Å². The van der Waals surface area contributed by atoms with Crippen LogP contribution in [0.1, 0.15) is 44.2 Å². The van der Waals surface area contributed by atoms with Crippen LogP contribution in [0, 0.1) is 0 Å². The molecule has 3 N–H and O–H groups in total. The first-order chi connectivity index (χ1) is 9.13. The Hall–Kier alpha value is -0.870. The van der Waals surface area contributed by atoms with E-state index >= 15 is 0 Å². The van der Waals surface area contributed by atoms with E-state index in [1.54, 1.807) is 18.2 Å². The molecule has 1 aromatic rings. The summed E-state index contributed by atoms with van der Waals surface area (Å²) < 4.78 is 0. The van der Waals surface area contributed by atoms with E-state index in [1.807, 2.05) is 18.7 Å². The molecule has 0 aliphatic heterocycles. The van der Waals surface area contributed by atoms with Gasteiger partial charge in [-0.3, -0.25) is 0 Å². The summed E-state index contributed by atoms with van der Waals surface area (Å²) in [5, 5.41) is 24.0. The van der Waals surface area contributed by atoms with Gasteiger partial charge in [-0.1, -0.05) is 18.9 Å². The lowest BCUT2D eigenvalue weighted by Gasteiger charge is -2.33. The monoisotopic (exact) mass is 281 g/mol. The first-order valence-corrected chi connectivity index (χ1v) is 8.22. The largest absolute Gasteiger partial charge is 0.507 e. The fraction of sp³-hybridized carbons (Fsp3) is 0.600. The van der Waals surface area contributed by atoms with Crippen molar-refractivity contribution in [2.24, 2.45) is 0 Å². The van der Waals surface area contributed by atoms with Crippen LogP contribution < -0.4 is 5.32 Å². The molecule has 3 atom stereocenters.